The molecule has 24 heavy (non-hydrogen) atoms. The minimum absolute atomic E-state index is 0.163. The van der Waals surface area contributed by atoms with Crippen molar-refractivity contribution < 1.29 is 9.53 Å². The van der Waals surface area contributed by atoms with Gasteiger partial charge in [0, 0.05) is 15.2 Å². The molecule has 0 fully saturated rings. The van der Waals surface area contributed by atoms with Gasteiger partial charge in [0.2, 0.25) is 0 Å². The van der Waals surface area contributed by atoms with Crippen LogP contribution in [0.15, 0.2) is 40.9 Å². The van der Waals surface area contributed by atoms with Crippen LogP contribution in [0.4, 0.5) is 5.69 Å². The topological polar surface area (TPSA) is 50.4 Å². The number of benzene rings is 2. The van der Waals surface area contributed by atoms with Crippen LogP contribution in [0.3, 0.4) is 0 Å². The highest BCUT2D eigenvalue weighted by atomic mass is 79.9. The summed E-state index contributed by atoms with van der Waals surface area (Å²) in [4.78, 5) is 11.9. The molecule has 0 aliphatic rings. The van der Waals surface area contributed by atoms with Gasteiger partial charge < -0.3 is 10.1 Å². The Balaban J connectivity index is 1.87. The number of ether oxygens (including phenoxy) is 1. The van der Waals surface area contributed by atoms with Crippen LogP contribution in [0.25, 0.3) is 0 Å². The Labute approximate surface area is 163 Å². The van der Waals surface area contributed by atoms with Crippen molar-refractivity contribution in [1.82, 2.24) is 5.32 Å². The highest BCUT2D eigenvalue weighted by Gasteiger charge is 2.09. The maximum Gasteiger partial charge on any atom is 0.264 e. The first-order chi connectivity index (χ1) is 11.4. The van der Waals surface area contributed by atoms with E-state index < -0.39 is 5.91 Å². The van der Waals surface area contributed by atoms with E-state index in [1.54, 1.807) is 30.3 Å². The van der Waals surface area contributed by atoms with E-state index in [2.05, 4.69) is 26.6 Å². The fourth-order valence-corrected chi connectivity index (χ4v) is 2.92. The Morgan fingerprint density at radius 2 is 2.00 bits per heavy atom. The second-order valence-corrected chi connectivity index (χ2v) is 6.92. The number of carbonyl (C=O) groups is 1. The molecule has 0 heterocycles. The Bertz CT molecular complexity index is 787. The maximum absolute atomic E-state index is 11.9. The molecule has 0 saturated heterocycles. The fourth-order valence-electron chi connectivity index (χ4n) is 1.79. The molecule has 4 nitrogen and oxygen atoms in total. The van der Waals surface area contributed by atoms with Crippen molar-refractivity contribution >= 4 is 68.1 Å². The number of hydrogen-bond acceptors (Lipinski definition) is 3. The van der Waals surface area contributed by atoms with Gasteiger partial charge >= 0.3 is 0 Å². The predicted molar refractivity (Wildman–Crippen MR) is 105 cm³/mol. The zero-order valence-electron chi connectivity index (χ0n) is 12.5. The molecule has 2 N–H and O–H groups in total. The molecule has 0 radical (unpaired) electrons. The molecule has 8 heteroatoms. The molecule has 0 spiro atoms. The van der Waals surface area contributed by atoms with Crippen molar-refractivity contribution in [2.75, 3.05) is 11.9 Å². The van der Waals surface area contributed by atoms with Gasteiger partial charge in [-0.15, -0.1) is 0 Å². The average molecular weight is 448 g/mol. The minimum atomic E-state index is -0.397. The first-order valence-corrected chi connectivity index (χ1v) is 8.76. The molecule has 126 valence electrons. The highest BCUT2D eigenvalue weighted by Crippen LogP contribution is 2.27. The standard InChI is InChI=1S/C16H13BrCl2N2O2S/c1-9-11(18)3-2-4-13(9)20-16(24)21-15(22)8-23-14-6-5-10(17)7-12(14)19/h2-7H,8H2,1H3,(H2,20,21,22,24). The lowest BCUT2D eigenvalue weighted by molar-refractivity contribution is -0.121. The molecule has 0 bridgehead atoms. The third kappa shape index (κ3) is 5.34. The van der Waals surface area contributed by atoms with Crippen molar-refractivity contribution in [3.05, 3.63) is 56.5 Å². The third-order valence-corrected chi connectivity index (χ3v) is 4.42. The largest absolute Gasteiger partial charge is 0.482 e. The number of carbonyl (C=O) groups excluding carboxylic acids is 1. The van der Waals surface area contributed by atoms with Gasteiger partial charge in [-0.2, -0.15) is 0 Å². The lowest BCUT2D eigenvalue weighted by Crippen LogP contribution is -2.37. The van der Waals surface area contributed by atoms with E-state index in [1.807, 2.05) is 13.0 Å². The number of hydrogen-bond donors (Lipinski definition) is 2. The van der Waals surface area contributed by atoms with E-state index in [9.17, 15) is 4.79 Å². The second kappa shape index (κ2) is 8.67. The Morgan fingerprint density at radius 3 is 2.71 bits per heavy atom. The van der Waals surface area contributed by atoms with Crippen LogP contribution in [0, 0.1) is 6.92 Å². The van der Waals surface area contributed by atoms with Gasteiger partial charge in [0.1, 0.15) is 5.75 Å². The fraction of sp³-hybridized carbons (Fsp3) is 0.125. The summed E-state index contributed by atoms with van der Waals surface area (Å²) in [6, 6.07) is 10.5. The molecular formula is C16H13BrCl2N2O2S. The van der Waals surface area contributed by atoms with Crippen LogP contribution in [0.2, 0.25) is 10.0 Å². The number of anilines is 1. The maximum atomic E-state index is 11.9. The number of nitrogens with one attached hydrogen (secondary N) is 2. The van der Waals surface area contributed by atoms with E-state index in [-0.39, 0.29) is 11.7 Å². The van der Waals surface area contributed by atoms with E-state index in [1.165, 1.54) is 0 Å². The zero-order chi connectivity index (χ0) is 17.7. The van der Waals surface area contributed by atoms with E-state index in [0.29, 0.717) is 15.8 Å². The van der Waals surface area contributed by atoms with Gasteiger partial charge in [-0.05, 0) is 55.0 Å². The smallest absolute Gasteiger partial charge is 0.264 e. The third-order valence-electron chi connectivity index (χ3n) is 3.02. The molecule has 0 aromatic heterocycles. The summed E-state index contributed by atoms with van der Waals surface area (Å²) in [6.07, 6.45) is 0. The van der Waals surface area contributed by atoms with E-state index in [0.717, 1.165) is 15.7 Å². The van der Waals surface area contributed by atoms with Crippen molar-refractivity contribution in [3.8, 4) is 5.75 Å². The number of thiocarbonyl (C=S) groups is 1. The van der Waals surface area contributed by atoms with Crippen LogP contribution in [0.1, 0.15) is 5.56 Å². The molecule has 0 aliphatic heterocycles. The second-order valence-electron chi connectivity index (χ2n) is 4.78. The zero-order valence-corrected chi connectivity index (χ0v) is 16.4. The van der Waals surface area contributed by atoms with Crippen LogP contribution in [-0.2, 0) is 4.79 Å². The summed E-state index contributed by atoms with van der Waals surface area (Å²) in [7, 11) is 0. The predicted octanol–water partition coefficient (Wildman–Crippen LogP) is 4.96. The molecule has 0 unspecified atom stereocenters. The molecule has 0 atom stereocenters. The van der Waals surface area contributed by atoms with Gasteiger partial charge in [-0.25, -0.2) is 0 Å². The molecule has 2 aromatic carbocycles. The molecule has 2 aromatic rings. The first-order valence-electron chi connectivity index (χ1n) is 6.80. The van der Waals surface area contributed by atoms with Crippen LogP contribution in [0.5, 0.6) is 5.75 Å². The number of amides is 1. The normalized spacial score (nSPS) is 10.2. The SMILES string of the molecule is Cc1c(Cl)cccc1NC(=S)NC(=O)COc1ccc(Br)cc1Cl. The van der Waals surface area contributed by atoms with Crippen LogP contribution < -0.4 is 15.4 Å². The summed E-state index contributed by atoms with van der Waals surface area (Å²) in [5.74, 6) is 0.0192. The number of rotatable bonds is 4. The van der Waals surface area contributed by atoms with Gasteiger partial charge in [0.15, 0.2) is 11.7 Å². The lowest BCUT2D eigenvalue weighted by atomic mass is 10.2. The Hall–Kier alpha value is -1.34. The Morgan fingerprint density at radius 1 is 1.25 bits per heavy atom. The minimum Gasteiger partial charge on any atom is -0.482 e. The highest BCUT2D eigenvalue weighted by molar-refractivity contribution is 9.10. The summed E-state index contributed by atoms with van der Waals surface area (Å²) in [6.45, 7) is 1.64. The van der Waals surface area contributed by atoms with E-state index in [4.69, 9.17) is 40.2 Å². The summed E-state index contributed by atoms with van der Waals surface area (Å²) in [5, 5.41) is 6.65. The lowest BCUT2D eigenvalue weighted by Gasteiger charge is -2.13. The van der Waals surface area contributed by atoms with Crippen molar-refractivity contribution in [2.45, 2.75) is 6.92 Å². The summed E-state index contributed by atoms with van der Waals surface area (Å²) < 4.78 is 6.20. The average Bonchev–Trinajstić information content (AvgIpc) is 2.51. The van der Waals surface area contributed by atoms with E-state index >= 15 is 0 Å². The molecule has 0 aliphatic carbocycles. The molecule has 0 saturated carbocycles. The van der Waals surface area contributed by atoms with Crippen molar-refractivity contribution in [3.63, 3.8) is 0 Å². The van der Waals surface area contributed by atoms with Gasteiger partial charge in [-0.3, -0.25) is 10.1 Å². The number of halogens is 3. The van der Waals surface area contributed by atoms with Crippen molar-refractivity contribution in [2.24, 2.45) is 0 Å². The molecule has 1 amide bonds. The monoisotopic (exact) mass is 446 g/mol. The first kappa shape index (κ1) is 19.0. The summed E-state index contributed by atoms with van der Waals surface area (Å²) >= 11 is 20.5. The Kier molecular flexibility index (Phi) is 6.86. The van der Waals surface area contributed by atoms with Gasteiger partial charge in [0.25, 0.3) is 5.91 Å². The van der Waals surface area contributed by atoms with Crippen molar-refractivity contribution in [1.29, 1.82) is 0 Å². The quantitative estimate of drug-likeness (QED) is 0.650. The molecular weight excluding hydrogens is 435 g/mol. The van der Waals surface area contributed by atoms with Gasteiger partial charge in [0.05, 0.1) is 5.02 Å². The summed E-state index contributed by atoms with van der Waals surface area (Å²) in [5.41, 5.74) is 1.57. The van der Waals surface area contributed by atoms with Crippen LogP contribution in [-0.4, -0.2) is 17.6 Å². The van der Waals surface area contributed by atoms with Gasteiger partial charge in [-0.1, -0.05) is 45.2 Å². The van der Waals surface area contributed by atoms with Crippen LogP contribution >= 0.6 is 51.3 Å². The molecule has 2 rings (SSSR count).